The Morgan fingerprint density at radius 2 is 1.67 bits per heavy atom. The summed E-state index contributed by atoms with van der Waals surface area (Å²) in [5.41, 5.74) is 1.94. The monoisotopic (exact) mass is 465 g/mol. The molecule has 0 bridgehead atoms. The fraction of sp³-hybridized carbons (Fsp3) is 0.0870. The van der Waals surface area contributed by atoms with Crippen LogP contribution in [0.15, 0.2) is 71.6 Å². The second-order valence-electron chi connectivity index (χ2n) is 6.96. The van der Waals surface area contributed by atoms with Crippen molar-refractivity contribution in [2.45, 2.75) is 11.8 Å². The standard InChI is InChI=1S/C23H19N3O6S/c1-14-5-6-16(23(29)30)11-20(14)25-21(27)13-33-19-4-2-3-17(12-19)24-22(28)15-7-9-18(10-8-15)26(31)32/h2-12H,13H2,1H3,(H,24,28)(H,25,27)(H,29,30). The first kappa shape index (κ1) is 23.5. The van der Waals surface area contributed by atoms with Crippen LogP contribution in [-0.2, 0) is 4.79 Å². The van der Waals surface area contributed by atoms with Gasteiger partial charge in [0.1, 0.15) is 0 Å². The number of nitrogens with one attached hydrogen (secondary N) is 2. The number of amides is 2. The third-order valence-electron chi connectivity index (χ3n) is 4.56. The number of nitrogens with zero attached hydrogens (tertiary/aromatic N) is 1. The molecule has 0 aliphatic heterocycles. The van der Waals surface area contributed by atoms with Crippen LogP contribution in [0, 0.1) is 17.0 Å². The van der Waals surface area contributed by atoms with Crippen molar-refractivity contribution in [3.05, 3.63) is 93.5 Å². The minimum atomic E-state index is -1.08. The van der Waals surface area contributed by atoms with Crippen molar-refractivity contribution in [3.63, 3.8) is 0 Å². The molecular formula is C23H19N3O6S. The average molecular weight is 465 g/mol. The Morgan fingerprint density at radius 1 is 0.970 bits per heavy atom. The van der Waals surface area contributed by atoms with Gasteiger partial charge in [-0.3, -0.25) is 19.7 Å². The number of carbonyl (C=O) groups is 3. The minimum absolute atomic E-state index is 0.0799. The highest BCUT2D eigenvalue weighted by Crippen LogP contribution is 2.23. The number of thioether (sulfide) groups is 1. The lowest BCUT2D eigenvalue weighted by molar-refractivity contribution is -0.384. The lowest BCUT2D eigenvalue weighted by Crippen LogP contribution is -2.15. The lowest BCUT2D eigenvalue weighted by atomic mass is 10.1. The molecule has 9 nitrogen and oxygen atoms in total. The molecule has 0 saturated carbocycles. The van der Waals surface area contributed by atoms with Gasteiger partial charge in [-0.1, -0.05) is 12.1 Å². The van der Waals surface area contributed by atoms with E-state index in [0.717, 1.165) is 10.5 Å². The molecule has 0 unspecified atom stereocenters. The predicted octanol–water partition coefficient (Wildman–Crippen LogP) is 4.58. The van der Waals surface area contributed by atoms with E-state index >= 15 is 0 Å². The Balaban J connectivity index is 1.59. The summed E-state index contributed by atoms with van der Waals surface area (Å²) in [6.45, 7) is 1.77. The molecule has 0 fully saturated rings. The van der Waals surface area contributed by atoms with E-state index in [1.807, 2.05) is 0 Å². The zero-order valence-corrected chi connectivity index (χ0v) is 18.2. The molecule has 33 heavy (non-hydrogen) atoms. The average Bonchev–Trinajstić information content (AvgIpc) is 2.79. The molecule has 10 heteroatoms. The maximum atomic E-state index is 12.4. The molecule has 3 N–H and O–H groups in total. The zero-order chi connectivity index (χ0) is 24.0. The number of carboxylic acid groups (broad SMARTS) is 1. The van der Waals surface area contributed by atoms with Gasteiger partial charge in [0.15, 0.2) is 0 Å². The normalized spacial score (nSPS) is 10.3. The number of nitro benzene ring substituents is 1. The minimum Gasteiger partial charge on any atom is -0.478 e. The van der Waals surface area contributed by atoms with Crippen molar-refractivity contribution in [1.29, 1.82) is 0 Å². The second kappa shape index (κ2) is 10.4. The van der Waals surface area contributed by atoms with Crippen LogP contribution < -0.4 is 10.6 Å². The summed E-state index contributed by atoms with van der Waals surface area (Å²) in [5, 5.41) is 25.3. The van der Waals surface area contributed by atoms with Crippen LogP contribution in [0.1, 0.15) is 26.3 Å². The maximum absolute atomic E-state index is 12.4. The van der Waals surface area contributed by atoms with Crippen molar-refractivity contribution < 1.29 is 24.4 Å². The summed E-state index contributed by atoms with van der Waals surface area (Å²) in [5.74, 6) is -1.71. The smallest absolute Gasteiger partial charge is 0.335 e. The molecule has 0 radical (unpaired) electrons. The first-order valence-electron chi connectivity index (χ1n) is 9.65. The first-order valence-corrected chi connectivity index (χ1v) is 10.6. The fourth-order valence-corrected chi connectivity index (χ4v) is 3.58. The Hall–Kier alpha value is -4.18. The molecule has 168 valence electrons. The number of nitro groups is 1. The highest BCUT2D eigenvalue weighted by molar-refractivity contribution is 8.00. The van der Waals surface area contributed by atoms with Gasteiger partial charge in [0.05, 0.1) is 16.2 Å². The SMILES string of the molecule is Cc1ccc(C(=O)O)cc1NC(=O)CSc1cccc(NC(=O)c2ccc([N+](=O)[O-])cc2)c1. The highest BCUT2D eigenvalue weighted by Gasteiger charge is 2.12. The van der Waals surface area contributed by atoms with Gasteiger partial charge < -0.3 is 15.7 Å². The van der Waals surface area contributed by atoms with Crippen LogP contribution >= 0.6 is 11.8 Å². The molecule has 2 amide bonds. The Bertz CT molecular complexity index is 1230. The van der Waals surface area contributed by atoms with Crippen molar-refractivity contribution >= 4 is 46.6 Å². The number of aryl methyl sites for hydroxylation is 1. The van der Waals surface area contributed by atoms with Gasteiger partial charge in [0.25, 0.3) is 11.6 Å². The van der Waals surface area contributed by atoms with Crippen LogP contribution in [0.2, 0.25) is 0 Å². The quantitative estimate of drug-likeness (QED) is 0.251. The van der Waals surface area contributed by atoms with Crippen molar-refractivity contribution in [2.24, 2.45) is 0 Å². The molecule has 0 aliphatic rings. The van der Waals surface area contributed by atoms with Crippen LogP contribution in [0.4, 0.5) is 17.1 Å². The van der Waals surface area contributed by atoms with Crippen LogP contribution in [0.3, 0.4) is 0 Å². The third-order valence-corrected chi connectivity index (χ3v) is 5.55. The summed E-state index contributed by atoms with van der Waals surface area (Å²) in [4.78, 5) is 46.8. The largest absolute Gasteiger partial charge is 0.478 e. The molecular weight excluding hydrogens is 446 g/mol. The predicted molar refractivity (Wildman–Crippen MR) is 125 cm³/mol. The summed E-state index contributed by atoms with van der Waals surface area (Å²) in [6.07, 6.45) is 0. The molecule has 0 saturated heterocycles. The zero-order valence-electron chi connectivity index (χ0n) is 17.4. The summed E-state index contributed by atoms with van der Waals surface area (Å²) in [7, 11) is 0. The van der Waals surface area contributed by atoms with Crippen molar-refractivity contribution in [2.75, 3.05) is 16.4 Å². The lowest BCUT2D eigenvalue weighted by Gasteiger charge is -2.10. The number of carboxylic acids is 1. The molecule has 0 aliphatic carbocycles. The van der Waals surface area contributed by atoms with E-state index < -0.39 is 16.8 Å². The molecule has 0 heterocycles. The van der Waals surface area contributed by atoms with E-state index in [1.165, 1.54) is 48.2 Å². The second-order valence-corrected chi connectivity index (χ2v) is 8.01. The van der Waals surface area contributed by atoms with Crippen molar-refractivity contribution in [1.82, 2.24) is 0 Å². The Kier molecular flexibility index (Phi) is 7.42. The van der Waals surface area contributed by atoms with Gasteiger partial charge in [-0.05, 0) is 55.0 Å². The van der Waals surface area contributed by atoms with Gasteiger partial charge in [-0.15, -0.1) is 11.8 Å². The van der Waals surface area contributed by atoms with Gasteiger partial charge in [0, 0.05) is 34.0 Å². The Morgan fingerprint density at radius 3 is 2.33 bits per heavy atom. The van der Waals surface area contributed by atoms with Gasteiger partial charge in [0.2, 0.25) is 5.91 Å². The van der Waals surface area contributed by atoms with Gasteiger partial charge in [-0.25, -0.2) is 4.79 Å². The number of anilines is 2. The van der Waals surface area contributed by atoms with E-state index in [0.29, 0.717) is 11.4 Å². The summed E-state index contributed by atoms with van der Waals surface area (Å²) >= 11 is 1.25. The van der Waals surface area contributed by atoms with Crippen molar-refractivity contribution in [3.8, 4) is 0 Å². The summed E-state index contributed by atoms with van der Waals surface area (Å²) in [6, 6.07) is 16.7. The first-order chi connectivity index (χ1) is 15.7. The van der Waals surface area contributed by atoms with Gasteiger partial charge in [-0.2, -0.15) is 0 Å². The fourth-order valence-electron chi connectivity index (χ4n) is 2.83. The third kappa shape index (κ3) is 6.40. The highest BCUT2D eigenvalue weighted by atomic mass is 32.2. The molecule has 0 aromatic heterocycles. The number of aromatic carboxylic acids is 1. The van der Waals surface area contributed by atoms with Crippen LogP contribution in [0.25, 0.3) is 0 Å². The van der Waals surface area contributed by atoms with E-state index in [-0.39, 0.29) is 28.5 Å². The number of hydrogen-bond donors (Lipinski definition) is 3. The molecule has 3 aromatic rings. The molecule has 0 spiro atoms. The van der Waals surface area contributed by atoms with Crippen LogP contribution in [-0.4, -0.2) is 33.6 Å². The Labute approximate surface area is 193 Å². The number of non-ortho nitro benzene ring substituents is 1. The van der Waals surface area contributed by atoms with E-state index in [4.69, 9.17) is 5.11 Å². The van der Waals surface area contributed by atoms with E-state index in [2.05, 4.69) is 10.6 Å². The van der Waals surface area contributed by atoms with E-state index in [1.54, 1.807) is 37.3 Å². The molecule has 0 atom stereocenters. The number of benzene rings is 3. The maximum Gasteiger partial charge on any atom is 0.335 e. The molecule has 3 aromatic carbocycles. The topological polar surface area (TPSA) is 139 Å². The van der Waals surface area contributed by atoms with Crippen LogP contribution in [0.5, 0.6) is 0 Å². The van der Waals surface area contributed by atoms with Gasteiger partial charge >= 0.3 is 5.97 Å². The number of rotatable bonds is 8. The van der Waals surface area contributed by atoms with E-state index in [9.17, 15) is 24.5 Å². The number of carbonyl (C=O) groups excluding carboxylic acids is 2. The molecule has 3 rings (SSSR count). The summed E-state index contributed by atoms with van der Waals surface area (Å²) < 4.78 is 0. The number of hydrogen-bond acceptors (Lipinski definition) is 6.